The molecular weight excluding hydrogens is 288 g/mol. The van der Waals surface area contributed by atoms with Crippen LogP contribution < -0.4 is 0 Å². The second-order valence-corrected chi connectivity index (χ2v) is 9.64. The minimum absolute atomic E-state index is 0.0858. The van der Waals surface area contributed by atoms with Gasteiger partial charge in [0.25, 0.3) is 0 Å². The number of carbonyl (C=O) groups is 2. The lowest BCUT2D eigenvalue weighted by Gasteiger charge is -2.60. The van der Waals surface area contributed by atoms with Gasteiger partial charge in [-0.25, -0.2) is 0 Å². The molecule has 6 aliphatic rings. The molecule has 0 aromatic carbocycles. The Hall–Kier alpha value is -1.06. The van der Waals surface area contributed by atoms with Gasteiger partial charge >= 0.3 is 0 Å². The van der Waals surface area contributed by atoms with Gasteiger partial charge in [-0.1, -0.05) is 6.92 Å². The second kappa shape index (κ2) is 4.52. The van der Waals surface area contributed by atoms with Gasteiger partial charge < -0.3 is 9.80 Å². The summed E-state index contributed by atoms with van der Waals surface area (Å²) in [5.74, 6) is 2.49. The summed E-state index contributed by atoms with van der Waals surface area (Å²) in [7, 11) is 0. The summed E-state index contributed by atoms with van der Waals surface area (Å²) in [6, 6.07) is 0. The lowest BCUT2D eigenvalue weighted by molar-refractivity contribution is -0.165. The molecule has 4 heteroatoms. The minimum atomic E-state index is -0.0858. The summed E-state index contributed by atoms with van der Waals surface area (Å²) in [5, 5.41) is 0. The van der Waals surface area contributed by atoms with E-state index in [0.717, 1.165) is 57.0 Å². The molecular formula is C19H28N2O2. The molecule has 1 saturated heterocycles. The van der Waals surface area contributed by atoms with Crippen LogP contribution in [0.3, 0.4) is 0 Å². The van der Waals surface area contributed by atoms with Crippen LogP contribution in [0.15, 0.2) is 0 Å². The van der Waals surface area contributed by atoms with Gasteiger partial charge in [0.2, 0.25) is 11.8 Å². The van der Waals surface area contributed by atoms with Crippen LogP contribution in [0, 0.1) is 28.6 Å². The molecule has 1 heterocycles. The topological polar surface area (TPSA) is 40.6 Å². The summed E-state index contributed by atoms with van der Waals surface area (Å²) in [5.41, 5.74) is 0.320. The van der Waals surface area contributed by atoms with Crippen molar-refractivity contribution in [3.05, 3.63) is 0 Å². The molecule has 5 saturated carbocycles. The Labute approximate surface area is 138 Å². The zero-order valence-electron chi connectivity index (χ0n) is 14.2. The SMILES string of the molecule is CC12CC3CC(C1)CC(C(=O)N1CCN(C(=O)C4CC4)C1)(C3)C2. The largest absolute Gasteiger partial charge is 0.323 e. The van der Waals surface area contributed by atoms with Gasteiger partial charge in [0, 0.05) is 19.0 Å². The molecule has 126 valence electrons. The van der Waals surface area contributed by atoms with Gasteiger partial charge in [0.15, 0.2) is 0 Å². The van der Waals surface area contributed by atoms with Crippen LogP contribution in [0.4, 0.5) is 0 Å². The van der Waals surface area contributed by atoms with Crippen LogP contribution in [0.25, 0.3) is 0 Å². The Morgan fingerprint density at radius 1 is 0.957 bits per heavy atom. The molecule has 6 rings (SSSR count). The van der Waals surface area contributed by atoms with Crippen molar-refractivity contribution in [2.75, 3.05) is 19.8 Å². The van der Waals surface area contributed by atoms with E-state index < -0.39 is 0 Å². The summed E-state index contributed by atoms with van der Waals surface area (Å²) >= 11 is 0. The first-order chi connectivity index (χ1) is 11.0. The van der Waals surface area contributed by atoms with Crippen molar-refractivity contribution in [1.82, 2.24) is 9.80 Å². The lowest BCUT2D eigenvalue weighted by atomic mass is 9.44. The second-order valence-electron chi connectivity index (χ2n) is 9.64. The van der Waals surface area contributed by atoms with Crippen molar-refractivity contribution >= 4 is 11.8 Å². The number of hydrogen-bond donors (Lipinski definition) is 0. The first-order valence-corrected chi connectivity index (χ1v) is 9.55. The molecule has 4 bridgehead atoms. The molecule has 2 atom stereocenters. The average molecular weight is 316 g/mol. The molecule has 1 aliphatic heterocycles. The van der Waals surface area contributed by atoms with Crippen molar-refractivity contribution < 1.29 is 9.59 Å². The van der Waals surface area contributed by atoms with Gasteiger partial charge in [-0.3, -0.25) is 9.59 Å². The fourth-order valence-electron chi connectivity index (χ4n) is 6.83. The first kappa shape index (κ1) is 14.3. The van der Waals surface area contributed by atoms with E-state index in [0.29, 0.717) is 18.0 Å². The van der Waals surface area contributed by atoms with E-state index in [-0.39, 0.29) is 17.2 Å². The monoisotopic (exact) mass is 316 g/mol. The molecule has 0 spiro atoms. The van der Waals surface area contributed by atoms with E-state index in [4.69, 9.17) is 0 Å². The number of hydrogen-bond acceptors (Lipinski definition) is 2. The van der Waals surface area contributed by atoms with Crippen LogP contribution in [0.2, 0.25) is 0 Å². The van der Waals surface area contributed by atoms with Crippen LogP contribution >= 0.6 is 0 Å². The highest BCUT2D eigenvalue weighted by molar-refractivity contribution is 5.86. The average Bonchev–Trinajstić information content (AvgIpc) is 3.20. The molecule has 6 fully saturated rings. The normalized spacial score (nSPS) is 44.9. The third-order valence-electron chi connectivity index (χ3n) is 7.31. The van der Waals surface area contributed by atoms with E-state index >= 15 is 0 Å². The third kappa shape index (κ3) is 2.16. The van der Waals surface area contributed by atoms with Gasteiger partial charge in [-0.05, 0) is 68.6 Å². The molecule has 5 aliphatic carbocycles. The number of rotatable bonds is 2. The zero-order chi connectivity index (χ0) is 15.8. The van der Waals surface area contributed by atoms with Crippen LogP contribution in [-0.2, 0) is 9.59 Å². The predicted octanol–water partition coefficient (Wildman–Crippen LogP) is 2.63. The van der Waals surface area contributed by atoms with Gasteiger partial charge in [0.05, 0.1) is 12.1 Å². The van der Waals surface area contributed by atoms with Crippen molar-refractivity contribution in [1.29, 1.82) is 0 Å². The van der Waals surface area contributed by atoms with Crippen molar-refractivity contribution in [2.45, 2.75) is 58.3 Å². The lowest BCUT2D eigenvalue weighted by Crippen LogP contribution is -2.57. The number of carbonyl (C=O) groups excluding carboxylic acids is 2. The maximum Gasteiger partial charge on any atom is 0.230 e. The molecule has 0 aromatic rings. The Kier molecular flexibility index (Phi) is 2.81. The quantitative estimate of drug-likeness (QED) is 0.786. The molecule has 0 radical (unpaired) electrons. The molecule has 0 aromatic heterocycles. The highest BCUT2D eigenvalue weighted by Gasteiger charge is 2.60. The summed E-state index contributed by atoms with van der Waals surface area (Å²) in [6.07, 6.45) is 9.46. The minimum Gasteiger partial charge on any atom is -0.323 e. The molecule has 2 unspecified atom stereocenters. The smallest absolute Gasteiger partial charge is 0.230 e. The summed E-state index contributed by atoms with van der Waals surface area (Å²) in [6.45, 7) is 4.48. The highest BCUT2D eigenvalue weighted by atomic mass is 16.2. The van der Waals surface area contributed by atoms with Gasteiger partial charge in [-0.2, -0.15) is 0 Å². The van der Waals surface area contributed by atoms with Crippen molar-refractivity contribution in [2.24, 2.45) is 28.6 Å². The van der Waals surface area contributed by atoms with Crippen molar-refractivity contribution in [3.8, 4) is 0 Å². The first-order valence-electron chi connectivity index (χ1n) is 9.55. The van der Waals surface area contributed by atoms with Crippen molar-refractivity contribution in [3.63, 3.8) is 0 Å². The third-order valence-corrected chi connectivity index (χ3v) is 7.31. The van der Waals surface area contributed by atoms with Crippen LogP contribution in [0.1, 0.15) is 58.3 Å². The fraction of sp³-hybridized carbons (Fsp3) is 0.895. The van der Waals surface area contributed by atoms with E-state index in [1.807, 2.05) is 9.80 Å². The van der Waals surface area contributed by atoms with E-state index in [9.17, 15) is 9.59 Å². The standard InChI is InChI=1S/C19H28N2O2/c1-18-7-13-6-14(8-18)10-19(9-13,11-18)17(23)21-5-4-20(12-21)16(22)15-2-3-15/h13-15H,2-12H2,1H3. The number of amides is 2. The summed E-state index contributed by atoms with van der Waals surface area (Å²) < 4.78 is 0. The van der Waals surface area contributed by atoms with E-state index in [2.05, 4.69) is 6.92 Å². The maximum atomic E-state index is 13.4. The zero-order valence-corrected chi connectivity index (χ0v) is 14.2. The maximum absolute atomic E-state index is 13.4. The summed E-state index contributed by atoms with van der Waals surface area (Å²) in [4.78, 5) is 29.6. The Balaban J connectivity index is 1.34. The fourth-order valence-corrected chi connectivity index (χ4v) is 6.83. The predicted molar refractivity (Wildman–Crippen MR) is 86.2 cm³/mol. The molecule has 23 heavy (non-hydrogen) atoms. The molecule has 2 amide bonds. The molecule has 4 nitrogen and oxygen atoms in total. The van der Waals surface area contributed by atoms with Gasteiger partial charge in [-0.15, -0.1) is 0 Å². The van der Waals surface area contributed by atoms with Crippen LogP contribution in [-0.4, -0.2) is 41.4 Å². The van der Waals surface area contributed by atoms with E-state index in [1.165, 1.54) is 19.3 Å². The Morgan fingerprint density at radius 3 is 2.22 bits per heavy atom. The highest BCUT2D eigenvalue weighted by Crippen LogP contribution is 2.65. The Bertz CT molecular complexity index is 554. The van der Waals surface area contributed by atoms with Crippen LogP contribution in [0.5, 0.6) is 0 Å². The van der Waals surface area contributed by atoms with Gasteiger partial charge in [0.1, 0.15) is 0 Å². The van der Waals surface area contributed by atoms with E-state index in [1.54, 1.807) is 0 Å². The number of nitrogens with zero attached hydrogens (tertiary/aromatic N) is 2. The Morgan fingerprint density at radius 2 is 1.61 bits per heavy atom. The molecule has 0 N–H and O–H groups in total.